The van der Waals surface area contributed by atoms with Gasteiger partial charge in [-0.2, -0.15) is 0 Å². The monoisotopic (exact) mass is 315 g/mol. The van der Waals surface area contributed by atoms with Gasteiger partial charge in [-0.25, -0.2) is 0 Å². The van der Waals surface area contributed by atoms with Crippen molar-refractivity contribution in [3.8, 4) is 0 Å². The highest BCUT2D eigenvalue weighted by molar-refractivity contribution is 6.05. The molecule has 1 aliphatic heterocycles. The van der Waals surface area contributed by atoms with Gasteiger partial charge in [0.25, 0.3) is 0 Å². The molecule has 0 bridgehead atoms. The average molecular weight is 315 g/mol. The minimum Gasteiger partial charge on any atom is -0.285 e. The molecule has 3 aliphatic carbocycles. The van der Waals surface area contributed by atoms with Crippen LogP contribution in [0.15, 0.2) is 11.1 Å². The Hall–Kier alpha value is -1.12. The Morgan fingerprint density at radius 1 is 1.00 bits per heavy atom. The molecule has 126 valence electrons. The lowest BCUT2D eigenvalue weighted by Gasteiger charge is -2.54. The second-order valence-electron chi connectivity index (χ2n) is 9.24. The second-order valence-corrected chi connectivity index (χ2v) is 9.24. The third kappa shape index (κ3) is 1.94. The lowest BCUT2D eigenvalue weighted by atomic mass is 9.50. The number of hydrogen-bond donors (Lipinski definition) is 0. The van der Waals surface area contributed by atoms with Gasteiger partial charge in [-0.15, -0.1) is 0 Å². The van der Waals surface area contributed by atoms with Crippen LogP contribution in [0.5, 0.6) is 0 Å². The number of carbonyl (C=O) groups is 2. The van der Waals surface area contributed by atoms with E-state index in [1.54, 1.807) is 18.2 Å². The first-order valence-electron chi connectivity index (χ1n) is 9.30. The van der Waals surface area contributed by atoms with Gasteiger partial charge in [0.05, 0.1) is 11.8 Å². The summed E-state index contributed by atoms with van der Waals surface area (Å²) in [6.07, 6.45) is 8.00. The van der Waals surface area contributed by atoms with Crippen LogP contribution in [0.4, 0.5) is 0 Å². The number of amides is 2. The molecule has 3 heteroatoms. The van der Waals surface area contributed by atoms with Gasteiger partial charge in [-0.1, -0.05) is 31.9 Å². The molecule has 0 aromatic carbocycles. The van der Waals surface area contributed by atoms with E-state index < -0.39 is 0 Å². The fraction of sp³-hybridized carbons (Fsp3) is 0.800. The molecule has 1 saturated heterocycles. The first-order chi connectivity index (χ1) is 10.8. The molecule has 4 atom stereocenters. The highest BCUT2D eigenvalue weighted by atomic mass is 16.2. The number of carbonyl (C=O) groups excluding carboxylic acids is 2. The Labute approximate surface area is 139 Å². The van der Waals surface area contributed by atoms with Crippen molar-refractivity contribution in [2.24, 2.45) is 28.6 Å². The maximum Gasteiger partial charge on any atom is 0.232 e. The van der Waals surface area contributed by atoms with Crippen LogP contribution in [0, 0.1) is 28.6 Å². The Bertz CT molecular complexity index is 617. The molecule has 0 radical (unpaired) electrons. The minimum absolute atomic E-state index is 0.0377. The molecule has 0 N–H and O–H groups in total. The summed E-state index contributed by atoms with van der Waals surface area (Å²) < 4.78 is 0. The molecule has 4 unspecified atom stereocenters. The summed E-state index contributed by atoms with van der Waals surface area (Å²) in [4.78, 5) is 26.3. The SMILES string of the molecule is CN1C(=O)C2CC3CCC4=C(CCCC4(C)C)C3(C)CC2C1=O. The van der Waals surface area contributed by atoms with Crippen LogP contribution in [0.3, 0.4) is 0 Å². The quantitative estimate of drug-likeness (QED) is 0.501. The van der Waals surface area contributed by atoms with Crippen molar-refractivity contribution < 1.29 is 9.59 Å². The summed E-state index contributed by atoms with van der Waals surface area (Å²) in [6, 6.07) is 0. The third-order valence-electron chi connectivity index (χ3n) is 7.71. The molecule has 1 saturated carbocycles. The fourth-order valence-electron chi connectivity index (χ4n) is 6.30. The molecular weight excluding hydrogens is 286 g/mol. The van der Waals surface area contributed by atoms with Gasteiger partial charge in [0.1, 0.15) is 0 Å². The lowest BCUT2D eigenvalue weighted by molar-refractivity contribution is -0.138. The molecule has 0 aromatic heterocycles. The number of hydrogen-bond acceptors (Lipinski definition) is 2. The van der Waals surface area contributed by atoms with Crippen LogP contribution in [0.25, 0.3) is 0 Å². The van der Waals surface area contributed by atoms with Crippen molar-refractivity contribution in [2.45, 2.75) is 65.7 Å². The molecule has 0 spiro atoms. The summed E-state index contributed by atoms with van der Waals surface area (Å²) in [7, 11) is 1.67. The highest BCUT2D eigenvalue weighted by Crippen LogP contribution is 2.62. The van der Waals surface area contributed by atoms with Crippen LogP contribution >= 0.6 is 0 Å². The first-order valence-corrected chi connectivity index (χ1v) is 9.30. The Morgan fingerprint density at radius 2 is 1.70 bits per heavy atom. The average Bonchev–Trinajstić information content (AvgIpc) is 2.69. The van der Waals surface area contributed by atoms with Crippen molar-refractivity contribution in [1.82, 2.24) is 4.90 Å². The van der Waals surface area contributed by atoms with Gasteiger partial charge in [0.15, 0.2) is 0 Å². The Kier molecular flexibility index (Phi) is 3.15. The van der Waals surface area contributed by atoms with E-state index in [1.165, 1.54) is 37.0 Å². The number of rotatable bonds is 0. The zero-order valence-corrected chi connectivity index (χ0v) is 14.9. The molecule has 2 fully saturated rings. The molecule has 23 heavy (non-hydrogen) atoms. The summed E-state index contributed by atoms with van der Waals surface area (Å²) in [5.41, 5.74) is 3.82. The number of imide groups is 1. The first kappa shape index (κ1) is 15.4. The van der Waals surface area contributed by atoms with Gasteiger partial charge < -0.3 is 0 Å². The molecule has 4 aliphatic rings. The molecule has 4 rings (SSSR count). The van der Waals surface area contributed by atoms with Crippen LogP contribution in [-0.2, 0) is 9.59 Å². The maximum atomic E-state index is 12.5. The summed E-state index contributed by atoms with van der Waals surface area (Å²) >= 11 is 0. The van der Waals surface area contributed by atoms with E-state index in [0.717, 1.165) is 12.8 Å². The predicted molar refractivity (Wildman–Crippen MR) is 89.5 cm³/mol. The minimum atomic E-state index is -0.0642. The van der Waals surface area contributed by atoms with Crippen LogP contribution in [0.1, 0.15) is 65.7 Å². The predicted octanol–water partition coefficient (Wildman–Crippen LogP) is 3.93. The second kappa shape index (κ2) is 4.70. The van der Waals surface area contributed by atoms with E-state index in [9.17, 15) is 9.59 Å². The van der Waals surface area contributed by atoms with Crippen molar-refractivity contribution in [3.05, 3.63) is 11.1 Å². The topological polar surface area (TPSA) is 37.4 Å². The van der Waals surface area contributed by atoms with E-state index in [2.05, 4.69) is 20.8 Å². The van der Waals surface area contributed by atoms with Crippen LogP contribution < -0.4 is 0 Å². The summed E-state index contributed by atoms with van der Waals surface area (Å²) in [6.45, 7) is 7.20. The van der Waals surface area contributed by atoms with E-state index in [1.807, 2.05) is 0 Å². The largest absolute Gasteiger partial charge is 0.285 e. The van der Waals surface area contributed by atoms with Gasteiger partial charge in [-0.3, -0.25) is 14.5 Å². The van der Waals surface area contributed by atoms with Crippen molar-refractivity contribution >= 4 is 11.8 Å². The van der Waals surface area contributed by atoms with E-state index in [-0.39, 0.29) is 29.1 Å². The van der Waals surface area contributed by atoms with Crippen LogP contribution in [0.2, 0.25) is 0 Å². The Balaban J connectivity index is 1.76. The lowest BCUT2D eigenvalue weighted by Crippen LogP contribution is -2.46. The summed E-state index contributed by atoms with van der Waals surface area (Å²) in [5, 5.41) is 0. The molecule has 1 heterocycles. The number of nitrogens with zero attached hydrogens (tertiary/aromatic N) is 1. The molecule has 0 aromatic rings. The van der Waals surface area contributed by atoms with E-state index in [4.69, 9.17) is 0 Å². The molecule has 2 amide bonds. The number of fused-ring (bicyclic) bond motifs is 3. The molecular formula is C20H29NO2. The molecule has 3 nitrogen and oxygen atoms in total. The van der Waals surface area contributed by atoms with Crippen molar-refractivity contribution in [1.29, 1.82) is 0 Å². The standard InChI is InChI=1S/C20H29NO2/c1-19(2)9-5-6-16-15(19)8-7-12-10-13-14(11-20(12,16)3)18(23)21(4)17(13)22/h12-14H,5-11H2,1-4H3. The number of allylic oxidation sites excluding steroid dienone is 2. The summed E-state index contributed by atoms with van der Waals surface area (Å²) in [5.74, 6) is 0.628. The fourth-order valence-corrected chi connectivity index (χ4v) is 6.30. The van der Waals surface area contributed by atoms with Crippen molar-refractivity contribution in [2.75, 3.05) is 7.05 Å². The number of likely N-dealkylation sites (tertiary alicyclic amines) is 1. The van der Waals surface area contributed by atoms with E-state index >= 15 is 0 Å². The Morgan fingerprint density at radius 3 is 2.43 bits per heavy atom. The van der Waals surface area contributed by atoms with Crippen LogP contribution in [-0.4, -0.2) is 23.8 Å². The third-order valence-corrected chi connectivity index (χ3v) is 7.71. The normalized spacial score (nSPS) is 42.4. The van der Waals surface area contributed by atoms with E-state index in [0.29, 0.717) is 11.3 Å². The highest BCUT2D eigenvalue weighted by Gasteiger charge is 2.57. The van der Waals surface area contributed by atoms with Gasteiger partial charge in [0, 0.05) is 7.05 Å². The van der Waals surface area contributed by atoms with Crippen molar-refractivity contribution in [3.63, 3.8) is 0 Å². The van der Waals surface area contributed by atoms with Gasteiger partial charge in [0.2, 0.25) is 11.8 Å². The van der Waals surface area contributed by atoms with Gasteiger partial charge in [-0.05, 0) is 61.7 Å². The maximum absolute atomic E-state index is 12.5. The zero-order chi connectivity index (χ0) is 16.6. The smallest absolute Gasteiger partial charge is 0.232 e. The zero-order valence-electron chi connectivity index (χ0n) is 14.9. The van der Waals surface area contributed by atoms with Gasteiger partial charge >= 0.3 is 0 Å².